The van der Waals surface area contributed by atoms with E-state index in [1.165, 1.54) is 0 Å². The fourth-order valence-corrected chi connectivity index (χ4v) is 4.16. The van der Waals surface area contributed by atoms with Gasteiger partial charge in [0.2, 0.25) is 5.91 Å². The third kappa shape index (κ3) is 5.77. The third-order valence-electron chi connectivity index (χ3n) is 5.65. The van der Waals surface area contributed by atoms with Crippen molar-refractivity contribution in [3.63, 3.8) is 0 Å². The van der Waals surface area contributed by atoms with Gasteiger partial charge in [-0.3, -0.25) is 9.69 Å². The summed E-state index contributed by atoms with van der Waals surface area (Å²) in [6, 6.07) is 7.86. The Kier molecular flexibility index (Phi) is 7.23. The number of para-hydroxylation sites is 1. The number of hydrazine groups is 1. The average molecular weight is 430 g/mol. The van der Waals surface area contributed by atoms with Crippen LogP contribution < -0.4 is 16.2 Å². The summed E-state index contributed by atoms with van der Waals surface area (Å²) in [6.07, 6.45) is 3.60. The van der Waals surface area contributed by atoms with E-state index in [1.54, 1.807) is 4.90 Å². The summed E-state index contributed by atoms with van der Waals surface area (Å²) in [5, 5.41) is 2.10. The summed E-state index contributed by atoms with van der Waals surface area (Å²) in [7, 11) is 1.89. The Balaban J connectivity index is 1.53. The second kappa shape index (κ2) is 9.70. The molecule has 2 heterocycles. The lowest BCUT2D eigenvalue weighted by atomic mass is 9.94. The molecule has 1 unspecified atom stereocenters. The highest BCUT2D eigenvalue weighted by atomic mass is 16.6. The van der Waals surface area contributed by atoms with E-state index in [-0.39, 0.29) is 12.1 Å². The minimum atomic E-state index is -0.469. The molecule has 170 valence electrons. The Labute approximate surface area is 185 Å². The van der Waals surface area contributed by atoms with E-state index in [2.05, 4.69) is 15.3 Å². The minimum absolute atomic E-state index is 0.0467. The largest absolute Gasteiger partial charge is 0.444 e. The van der Waals surface area contributed by atoms with Crippen LogP contribution in [0.15, 0.2) is 30.3 Å². The fraction of sp³-hybridized carbons (Fsp3) is 0.565. The Hall–Kier alpha value is -2.58. The Morgan fingerprint density at radius 3 is 2.45 bits per heavy atom. The second-order valence-corrected chi connectivity index (χ2v) is 9.07. The molecule has 3 N–H and O–H groups in total. The van der Waals surface area contributed by atoms with E-state index in [1.807, 2.05) is 58.2 Å². The van der Waals surface area contributed by atoms with E-state index in [4.69, 9.17) is 10.5 Å². The van der Waals surface area contributed by atoms with Crippen molar-refractivity contribution in [1.29, 1.82) is 0 Å². The molecule has 2 aliphatic rings. The van der Waals surface area contributed by atoms with Gasteiger partial charge in [-0.2, -0.15) is 0 Å². The van der Waals surface area contributed by atoms with Gasteiger partial charge in [-0.05, 0) is 52.3 Å². The Morgan fingerprint density at radius 1 is 1.16 bits per heavy atom. The lowest BCUT2D eigenvalue weighted by Crippen LogP contribution is -2.50. The summed E-state index contributed by atoms with van der Waals surface area (Å²) < 4.78 is 5.47. The van der Waals surface area contributed by atoms with Gasteiger partial charge in [0.15, 0.2) is 0 Å². The van der Waals surface area contributed by atoms with E-state index >= 15 is 0 Å². The van der Waals surface area contributed by atoms with Crippen molar-refractivity contribution in [2.75, 3.05) is 44.8 Å². The molecule has 8 heteroatoms. The number of carbonyl (C=O) groups is 2. The number of piperazine rings is 1. The number of hydrogen-bond donors (Lipinski definition) is 2. The monoisotopic (exact) mass is 429 g/mol. The van der Waals surface area contributed by atoms with Crippen molar-refractivity contribution in [2.24, 2.45) is 5.73 Å². The highest BCUT2D eigenvalue weighted by Crippen LogP contribution is 2.34. The molecule has 1 aromatic rings. The Morgan fingerprint density at radius 2 is 1.84 bits per heavy atom. The molecule has 0 bridgehead atoms. The molecule has 0 aromatic heterocycles. The average Bonchev–Trinajstić information content (AvgIpc) is 2.72. The quantitative estimate of drug-likeness (QED) is 0.721. The number of nitrogens with one attached hydrogen (secondary N) is 1. The zero-order valence-electron chi connectivity index (χ0n) is 19.1. The number of rotatable bonds is 6. The molecule has 1 atom stereocenters. The smallest absolute Gasteiger partial charge is 0.410 e. The number of hydrogen-bond acceptors (Lipinski definition) is 6. The van der Waals surface area contributed by atoms with Crippen molar-refractivity contribution in [1.82, 2.24) is 15.2 Å². The van der Waals surface area contributed by atoms with E-state index in [0.717, 1.165) is 43.7 Å². The summed E-state index contributed by atoms with van der Waals surface area (Å²) >= 11 is 0. The van der Waals surface area contributed by atoms with Crippen LogP contribution in [-0.4, -0.2) is 73.2 Å². The number of ether oxygens (including phenoxy) is 1. The first-order valence-corrected chi connectivity index (χ1v) is 11.0. The van der Waals surface area contributed by atoms with Gasteiger partial charge in [-0.1, -0.05) is 18.2 Å². The van der Waals surface area contributed by atoms with Gasteiger partial charge in [0.1, 0.15) is 5.60 Å². The van der Waals surface area contributed by atoms with Gasteiger partial charge in [-0.15, -0.1) is 0 Å². The van der Waals surface area contributed by atoms with E-state index in [0.29, 0.717) is 18.7 Å². The third-order valence-corrected chi connectivity index (χ3v) is 5.65. The standard InChI is InChI=1S/C23H35N5O3/c1-23(2,3)31-22(30)27-14-12-26(13-15-27)11-7-8-17-16-19(21(24)29)18-9-5-6-10-20(18)28(17)25-4/h5-6,9-10,16-17,25H,7-8,11-15H2,1-4H3,(H2,24,29). The first-order chi connectivity index (χ1) is 14.7. The molecule has 8 nitrogen and oxygen atoms in total. The first-order valence-electron chi connectivity index (χ1n) is 11.0. The molecule has 0 spiro atoms. The summed E-state index contributed by atoms with van der Waals surface area (Å²) in [5.74, 6) is -0.397. The van der Waals surface area contributed by atoms with Crippen LogP contribution in [0.5, 0.6) is 0 Å². The zero-order chi connectivity index (χ0) is 22.6. The number of anilines is 1. The zero-order valence-corrected chi connectivity index (χ0v) is 19.1. The topological polar surface area (TPSA) is 91.1 Å². The van der Waals surface area contributed by atoms with Crippen LogP contribution in [-0.2, 0) is 9.53 Å². The molecule has 31 heavy (non-hydrogen) atoms. The van der Waals surface area contributed by atoms with E-state index < -0.39 is 11.5 Å². The molecule has 1 fully saturated rings. The molecule has 1 aromatic carbocycles. The maximum atomic E-state index is 12.2. The predicted molar refractivity (Wildman–Crippen MR) is 122 cm³/mol. The summed E-state index contributed by atoms with van der Waals surface area (Å²) in [4.78, 5) is 28.4. The molecule has 3 rings (SSSR count). The lowest BCUT2D eigenvalue weighted by Gasteiger charge is -2.38. The minimum Gasteiger partial charge on any atom is -0.444 e. The maximum absolute atomic E-state index is 12.2. The van der Waals surface area contributed by atoms with Crippen molar-refractivity contribution in [3.05, 3.63) is 35.9 Å². The van der Waals surface area contributed by atoms with Crippen molar-refractivity contribution in [3.8, 4) is 0 Å². The van der Waals surface area contributed by atoms with Crippen LogP contribution >= 0.6 is 0 Å². The predicted octanol–water partition coefficient (Wildman–Crippen LogP) is 2.21. The number of benzene rings is 1. The van der Waals surface area contributed by atoms with Crippen LogP contribution in [0, 0.1) is 0 Å². The van der Waals surface area contributed by atoms with Crippen LogP contribution in [0.25, 0.3) is 5.57 Å². The first kappa shape index (κ1) is 23.1. The number of fused-ring (bicyclic) bond motifs is 1. The second-order valence-electron chi connectivity index (χ2n) is 9.07. The van der Waals surface area contributed by atoms with Crippen LogP contribution in [0.2, 0.25) is 0 Å². The summed E-state index contributed by atoms with van der Waals surface area (Å²) in [6.45, 7) is 9.64. The molecule has 2 aliphatic heterocycles. The van der Waals surface area contributed by atoms with Crippen LogP contribution in [0.4, 0.5) is 10.5 Å². The summed E-state index contributed by atoms with van der Waals surface area (Å²) in [5.41, 5.74) is 10.9. The lowest BCUT2D eigenvalue weighted by molar-refractivity contribution is -0.112. The van der Waals surface area contributed by atoms with Gasteiger partial charge < -0.3 is 20.4 Å². The molecule has 0 radical (unpaired) electrons. The van der Waals surface area contributed by atoms with Crippen molar-refractivity contribution < 1.29 is 14.3 Å². The maximum Gasteiger partial charge on any atom is 0.410 e. The van der Waals surface area contributed by atoms with Gasteiger partial charge in [0, 0.05) is 44.4 Å². The van der Waals surface area contributed by atoms with Crippen LogP contribution in [0.3, 0.4) is 0 Å². The fourth-order valence-electron chi connectivity index (χ4n) is 4.16. The number of nitrogens with two attached hydrogens (primary N) is 1. The normalized spacial score (nSPS) is 19.6. The molecular formula is C23H35N5O3. The molecule has 0 saturated carbocycles. The molecule has 1 saturated heterocycles. The van der Waals surface area contributed by atoms with E-state index in [9.17, 15) is 9.59 Å². The van der Waals surface area contributed by atoms with Gasteiger partial charge in [-0.25, -0.2) is 10.2 Å². The number of nitrogens with zero attached hydrogens (tertiary/aromatic N) is 3. The molecule has 0 aliphatic carbocycles. The van der Waals surface area contributed by atoms with Gasteiger partial charge in [0.05, 0.1) is 11.7 Å². The molecular weight excluding hydrogens is 394 g/mol. The molecule has 2 amide bonds. The highest BCUT2D eigenvalue weighted by Gasteiger charge is 2.29. The van der Waals surface area contributed by atoms with Crippen LogP contribution in [0.1, 0.15) is 39.2 Å². The van der Waals surface area contributed by atoms with Gasteiger partial charge >= 0.3 is 6.09 Å². The SMILES string of the molecule is CNN1c2ccccc2C(C(N)=O)=CC1CCCN1CCN(C(=O)OC(C)(C)C)CC1. The van der Waals surface area contributed by atoms with Crippen molar-refractivity contribution >= 4 is 23.3 Å². The number of carbonyl (C=O) groups excluding carboxylic acids is 2. The number of amides is 2. The Bertz CT molecular complexity index is 825. The van der Waals surface area contributed by atoms with Gasteiger partial charge in [0.25, 0.3) is 0 Å². The van der Waals surface area contributed by atoms with Crippen molar-refractivity contribution in [2.45, 2.75) is 45.3 Å². The number of primary amides is 1. The highest BCUT2D eigenvalue weighted by molar-refractivity contribution is 6.21.